The summed E-state index contributed by atoms with van der Waals surface area (Å²) in [5.41, 5.74) is 1.00. The Morgan fingerprint density at radius 1 is 1.03 bits per heavy atom. The fourth-order valence-corrected chi connectivity index (χ4v) is 4.75. The van der Waals surface area contributed by atoms with E-state index in [0.29, 0.717) is 11.7 Å². The Balaban J connectivity index is 1.44. The summed E-state index contributed by atoms with van der Waals surface area (Å²) in [5, 5.41) is 0. The molecule has 2 heteroatoms. The van der Waals surface area contributed by atoms with E-state index in [1.54, 1.807) is 0 Å². The second-order valence-corrected chi connectivity index (χ2v) is 8.92. The van der Waals surface area contributed by atoms with Gasteiger partial charge in [0.2, 0.25) is 0 Å². The number of ether oxygens (including phenoxy) is 1. The first-order valence-corrected chi connectivity index (χ1v) is 11.6. The van der Waals surface area contributed by atoms with Crippen LogP contribution in [0.1, 0.15) is 83.1 Å². The van der Waals surface area contributed by atoms with Crippen molar-refractivity contribution in [1.82, 2.24) is 0 Å². The number of carbonyl (C=O) groups is 1. The first-order valence-electron chi connectivity index (χ1n) is 11.6. The van der Waals surface area contributed by atoms with Gasteiger partial charge < -0.3 is 4.74 Å². The van der Waals surface area contributed by atoms with Crippen LogP contribution in [-0.2, 0) is 4.79 Å². The molecule has 0 aromatic heterocycles. The summed E-state index contributed by atoms with van der Waals surface area (Å²) in [6.07, 6.45) is 14.8. The predicted molar refractivity (Wildman–Crippen MR) is 120 cm³/mol. The molecule has 0 saturated heterocycles. The van der Waals surface area contributed by atoms with Crippen molar-refractivity contribution < 1.29 is 9.53 Å². The summed E-state index contributed by atoms with van der Waals surface area (Å²) in [5.74, 6) is 9.57. The summed E-state index contributed by atoms with van der Waals surface area (Å²) in [6, 6.07) is 7.70. The molecule has 0 heterocycles. The van der Waals surface area contributed by atoms with Gasteiger partial charge in [0, 0.05) is 11.5 Å². The fraction of sp³-hybridized carbons (Fsp3) is 0.593. The van der Waals surface area contributed by atoms with Gasteiger partial charge >= 0.3 is 5.97 Å². The Bertz CT molecular complexity index is 705. The molecule has 0 spiro atoms. The molecule has 29 heavy (non-hydrogen) atoms. The molecule has 3 rings (SSSR count). The lowest BCUT2D eigenvalue weighted by Gasteiger charge is -2.26. The summed E-state index contributed by atoms with van der Waals surface area (Å²) in [4.78, 5) is 12.5. The van der Waals surface area contributed by atoms with Gasteiger partial charge in [0.15, 0.2) is 0 Å². The van der Waals surface area contributed by atoms with Crippen molar-refractivity contribution in [1.29, 1.82) is 0 Å². The van der Waals surface area contributed by atoms with Gasteiger partial charge in [-0.05, 0) is 100 Å². The van der Waals surface area contributed by atoms with E-state index >= 15 is 0 Å². The molecule has 2 aliphatic carbocycles. The normalized spacial score (nSPS) is 26.8. The Hall–Kier alpha value is -2.01. The minimum atomic E-state index is -0.0707. The molecule has 2 nitrogen and oxygen atoms in total. The standard InChI is InChI=1S/C27H36O2/c1-3-5-6-22-13-17-25(18-14-22)27(28)29-26-19-15-24(16-20-26)12-11-23-9-7-21(4-2)8-10-23/h3,15-16,19-23,25H,1,4-10,13-14,17-18H2,2H3. The third-order valence-corrected chi connectivity index (χ3v) is 6.88. The number of rotatable bonds is 6. The van der Waals surface area contributed by atoms with Crippen molar-refractivity contribution in [2.24, 2.45) is 23.7 Å². The molecule has 0 radical (unpaired) electrons. The van der Waals surface area contributed by atoms with E-state index in [9.17, 15) is 4.79 Å². The highest BCUT2D eigenvalue weighted by Crippen LogP contribution is 2.33. The van der Waals surface area contributed by atoms with Crippen molar-refractivity contribution in [2.75, 3.05) is 0 Å². The third-order valence-electron chi connectivity index (χ3n) is 6.88. The number of esters is 1. The van der Waals surface area contributed by atoms with Crippen LogP contribution < -0.4 is 4.74 Å². The molecular formula is C27H36O2. The van der Waals surface area contributed by atoms with Crippen molar-refractivity contribution in [3.8, 4) is 17.6 Å². The summed E-state index contributed by atoms with van der Waals surface area (Å²) in [7, 11) is 0. The van der Waals surface area contributed by atoms with Crippen LogP contribution >= 0.6 is 0 Å². The van der Waals surface area contributed by atoms with E-state index in [4.69, 9.17) is 4.74 Å². The van der Waals surface area contributed by atoms with E-state index < -0.39 is 0 Å². The Morgan fingerprint density at radius 2 is 1.69 bits per heavy atom. The Labute approximate surface area is 177 Å². The number of carbonyl (C=O) groups excluding carboxylic acids is 1. The van der Waals surface area contributed by atoms with Crippen LogP contribution in [0.25, 0.3) is 0 Å². The van der Waals surface area contributed by atoms with E-state index in [2.05, 4.69) is 25.3 Å². The van der Waals surface area contributed by atoms with Gasteiger partial charge in [-0.25, -0.2) is 0 Å². The van der Waals surface area contributed by atoms with Gasteiger partial charge in [-0.1, -0.05) is 31.3 Å². The van der Waals surface area contributed by atoms with Gasteiger partial charge in [-0.3, -0.25) is 4.79 Å². The molecule has 2 fully saturated rings. The van der Waals surface area contributed by atoms with E-state index in [1.165, 1.54) is 38.5 Å². The van der Waals surface area contributed by atoms with Gasteiger partial charge in [0.25, 0.3) is 0 Å². The molecule has 156 valence electrons. The fourth-order valence-electron chi connectivity index (χ4n) is 4.75. The monoisotopic (exact) mass is 392 g/mol. The molecule has 0 bridgehead atoms. The second kappa shape index (κ2) is 11.2. The molecule has 0 atom stereocenters. The molecule has 0 N–H and O–H groups in total. The number of benzene rings is 1. The maximum Gasteiger partial charge on any atom is 0.314 e. The number of hydrogen-bond acceptors (Lipinski definition) is 2. The van der Waals surface area contributed by atoms with Gasteiger partial charge in [-0.15, -0.1) is 6.58 Å². The molecule has 1 aromatic carbocycles. The molecule has 1 aromatic rings. The zero-order valence-corrected chi connectivity index (χ0v) is 18.0. The third kappa shape index (κ3) is 6.77. The first-order chi connectivity index (χ1) is 14.2. The highest BCUT2D eigenvalue weighted by molar-refractivity contribution is 5.75. The summed E-state index contributed by atoms with van der Waals surface area (Å²) in [6.45, 7) is 6.09. The number of allylic oxidation sites excluding steroid dienone is 1. The zero-order chi connectivity index (χ0) is 20.5. The van der Waals surface area contributed by atoms with Crippen LogP contribution in [0, 0.1) is 35.5 Å². The van der Waals surface area contributed by atoms with Crippen LogP contribution in [0.3, 0.4) is 0 Å². The minimum absolute atomic E-state index is 0.0488. The van der Waals surface area contributed by atoms with E-state index in [1.807, 2.05) is 30.3 Å². The quantitative estimate of drug-likeness (QED) is 0.227. The Kier molecular flexibility index (Phi) is 8.41. The van der Waals surface area contributed by atoms with Gasteiger partial charge in [-0.2, -0.15) is 0 Å². The van der Waals surface area contributed by atoms with Crippen LogP contribution in [0.4, 0.5) is 0 Å². The van der Waals surface area contributed by atoms with Crippen molar-refractivity contribution in [3.05, 3.63) is 42.5 Å². The highest BCUT2D eigenvalue weighted by Gasteiger charge is 2.27. The maximum absolute atomic E-state index is 12.5. The molecule has 2 saturated carbocycles. The molecular weight excluding hydrogens is 356 g/mol. The van der Waals surface area contributed by atoms with Crippen LogP contribution in [-0.4, -0.2) is 5.97 Å². The molecule has 0 aliphatic heterocycles. The van der Waals surface area contributed by atoms with Crippen LogP contribution in [0.5, 0.6) is 5.75 Å². The molecule has 0 amide bonds. The average Bonchev–Trinajstić information content (AvgIpc) is 2.78. The lowest BCUT2D eigenvalue weighted by Crippen LogP contribution is -2.25. The molecule has 0 unspecified atom stereocenters. The smallest absolute Gasteiger partial charge is 0.314 e. The second-order valence-electron chi connectivity index (χ2n) is 8.92. The summed E-state index contributed by atoms with van der Waals surface area (Å²) < 4.78 is 5.64. The van der Waals surface area contributed by atoms with Crippen molar-refractivity contribution in [3.63, 3.8) is 0 Å². The molecule has 2 aliphatic rings. The lowest BCUT2D eigenvalue weighted by molar-refractivity contribution is -0.140. The largest absolute Gasteiger partial charge is 0.426 e. The first kappa shape index (κ1) is 21.7. The lowest BCUT2D eigenvalue weighted by atomic mass is 9.80. The van der Waals surface area contributed by atoms with Gasteiger partial charge in [0.05, 0.1) is 5.92 Å². The average molecular weight is 393 g/mol. The minimum Gasteiger partial charge on any atom is -0.426 e. The van der Waals surface area contributed by atoms with Crippen molar-refractivity contribution in [2.45, 2.75) is 77.6 Å². The topological polar surface area (TPSA) is 26.3 Å². The zero-order valence-electron chi connectivity index (χ0n) is 18.0. The van der Waals surface area contributed by atoms with Crippen LogP contribution in [0.15, 0.2) is 36.9 Å². The van der Waals surface area contributed by atoms with Crippen molar-refractivity contribution >= 4 is 5.97 Å². The van der Waals surface area contributed by atoms with E-state index in [0.717, 1.165) is 49.5 Å². The van der Waals surface area contributed by atoms with Gasteiger partial charge in [0.1, 0.15) is 5.75 Å². The maximum atomic E-state index is 12.5. The van der Waals surface area contributed by atoms with E-state index in [-0.39, 0.29) is 11.9 Å². The SMILES string of the molecule is C=CCCC1CCC(C(=O)Oc2ccc(C#CC3CCC(CC)CC3)cc2)CC1. The summed E-state index contributed by atoms with van der Waals surface area (Å²) >= 11 is 0. The predicted octanol–water partition coefficient (Wildman–Crippen LogP) is 6.93. The van der Waals surface area contributed by atoms with Crippen LogP contribution in [0.2, 0.25) is 0 Å². The highest BCUT2D eigenvalue weighted by atomic mass is 16.5. The Morgan fingerprint density at radius 3 is 2.31 bits per heavy atom. The number of hydrogen-bond donors (Lipinski definition) is 0.